The first-order valence-electron chi connectivity index (χ1n) is 12.5. The van der Waals surface area contributed by atoms with E-state index in [1.165, 1.54) is 41.3 Å². The maximum Gasteiger partial charge on any atom is 0.524 e. The number of hydrogen-bond acceptors (Lipinski definition) is 6. The summed E-state index contributed by atoms with van der Waals surface area (Å²) in [6.45, 7) is 6.03. The summed E-state index contributed by atoms with van der Waals surface area (Å²) in [5, 5.41) is 5.59. The van der Waals surface area contributed by atoms with Crippen molar-refractivity contribution in [2.45, 2.75) is 71.0 Å². The summed E-state index contributed by atoms with van der Waals surface area (Å²) in [4.78, 5) is 69.2. The number of nitrogens with zero attached hydrogens (tertiary/aromatic N) is 1. The molecule has 1 aliphatic heterocycles. The molecule has 0 radical (unpaired) electrons. The van der Waals surface area contributed by atoms with Crippen LogP contribution >= 0.6 is 7.82 Å². The summed E-state index contributed by atoms with van der Waals surface area (Å²) in [5.74, 6) is -1.50. The normalized spacial score (nSPS) is 17.3. The quantitative estimate of drug-likeness (QED) is 0.180. The third-order valence-corrected chi connectivity index (χ3v) is 6.35. The average molecular weight is 553 g/mol. The molecule has 3 atom stereocenters. The molecule has 1 aromatic carbocycles. The maximum absolute atomic E-state index is 13.4. The molecule has 0 aliphatic carbocycles. The molecule has 0 aromatic heterocycles. The second-order valence-electron chi connectivity index (χ2n) is 9.78. The molecule has 2 rings (SSSR count). The van der Waals surface area contributed by atoms with Gasteiger partial charge < -0.3 is 25.8 Å². The number of hydrogen-bond donors (Lipinski definition) is 5. The number of carbonyl (C=O) groups is 4. The summed E-state index contributed by atoms with van der Waals surface area (Å²) in [6.07, 6.45) is 4.84. The van der Waals surface area contributed by atoms with Gasteiger partial charge >= 0.3 is 7.82 Å². The Labute approximate surface area is 222 Å². The second kappa shape index (κ2) is 14.1. The van der Waals surface area contributed by atoms with E-state index in [9.17, 15) is 23.7 Å². The van der Waals surface area contributed by atoms with Crippen LogP contribution in [-0.2, 0) is 23.7 Å². The summed E-state index contributed by atoms with van der Waals surface area (Å²) in [6, 6.07) is 3.99. The summed E-state index contributed by atoms with van der Waals surface area (Å²) in [7, 11) is -4.67. The zero-order chi connectivity index (χ0) is 28.5. The largest absolute Gasteiger partial charge is 0.524 e. The molecule has 1 aliphatic rings. The van der Waals surface area contributed by atoms with Crippen LogP contribution in [0.3, 0.4) is 0 Å². The fourth-order valence-electron chi connectivity index (χ4n) is 4.13. The molecule has 1 saturated heterocycles. The lowest BCUT2D eigenvalue weighted by molar-refractivity contribution is -0.141. The third kappa shape index (κ3) is 10.6. The van der Waals surface area contributed by atoms with Crippen LogP contribution in [0.5, 0.6) is 5.75 Å². The molecule has 38 heavy (non-hydrogen) atoms. The highest BCUT2D eigenvalue weighted by Crippen LogP contribution is 2.37. The number of phosphoric ester groups is 1. The monoisotopic (exact) mass is 552 g/mol. The Balaban J connectivity index is 2.04. The van der Waals surface area contributed by atoms with Crippen LogP contribution in [0.2, 0.25) is 0 Å². The van der Waals surface area contributed by atoms with Crippen LogP contribution in [0.25, 0.3) is 6.08 Å². The van der Waals surface area contributed by atoms with Gasteiger partial charge in [-0.1, -0.05) is 26.0 Å². The van der Waals surface area contributed by atoms with Gasteiger partial charge in [0.2, 0.25) is 23.6 Å². The number of nitrogens with two attached hydrogens (primary N) is 1. The van der Waals surface area contributed by atoms with Gasteiger partial charge in [-0.15, -0.1) is 0 Å². The highest BCUT2D eigenvalue weighted by Gasteiger charge is 2.38. The first kappa shape index (κ1) is 31.0. The van der Waals surface area contributed by atoms with Gasteiger partial charge in [-0.2, -0.15) is 0 Å². The molecule has 0 unspecified atom stereocenters. The Bertz CT molecular complexity index is 1070. The van der Waals surface area contributed by atoms with E-state index in [0.717, 1.165) is 0 Å². The fourth-order valence-corrected chi connectivity index (χ4v) is 4.53. The second-order valence-corrected chi connectivity index (χ2v) is 10.9. The number of benzene rings is 1. The molecular weight excluding hydrogens is 515 g/mol. The average Bonchev–Trinajstić information content (AvgIpc) is 3.30. The summed E-state index contributed by atoms with van der Waals surface area (Å²) < 4.78 is 15.4. The number of likely N-dealkylation sites (tertiary alicyclic amines) is 1. The van der Waals surface area contributed by atoms with E-state index < -0.39 is 31.7 Å². The van der Waals surface area contributed by atoms with E-state index in [1.807, 2.05) is 13.8 Å². The Hall–Kier alpha value is -3.21. The molecule has 0 saturated carbocycles. The van der Waals surface area contributed by atoms with E-state index in [2.05, 4.69) is 15.2 Å². The van der Waals surface area contributed by atoms with Gasteiger partial charge in [0.25, 0.3) is 0 Å². The van der Waals surface area contributed by atoms with E-state index in [1.54, 1.807) is 6.92 Å². The topological polar surface area (TPSA) is 188 Å². The Morgan fingerprint density at radius 1 is 1.16 bits per heavy atom. The van der Waals surface area contributed by atoms with Crippen LogP contribution in [0.15, 0.2) is 30.3 Å². The number of amides is 4. The van der Waals surface area contributed by atoms with Gasteiger partial charge in [0.1, 0.15) is 17.8 Å². The zero-order valence-electron chi connectivity index (χ0n) is 21.8. The number of phosphoric acid groups is 1. The number of primary amides is 1. The SMILES string of the molecule is CC(C)C[C@H](NC(=O)/C=C/c1ccc(OP(=O)(O)O)cc1)C(=O)N1CCC[C@H]1C(=O)N[C@H](C)CCC(N)=O. The van der Waals surface area contributed by atoms with Gasteiger partial charge in [0.15, 0.2) is 0 Å². The molecule has 0 bridgehead atoms. The first-order valence-corrected chi connectivity index (χ1v) is 14.0. The minimum atomic E-state index is -4.67. The lowest BCUT2D eigenvalue weighted by atomic mass is 10.0. The Morgan fingerprint density at radius 3 is 2.39 bits per heavy atom. The molecular formula is C25H37N4O8P. The van der Waals surface area contributed by atoms with Gasteiger partial charge in [0, 0.05) is 25.1 Å². The Morgan fingerprint density at radius 2 is 1.82 bits per heavy atom. The lowest BCUT2D eigenvalue weighted by Gasteiger charge is -2.30. The molecule has 4 amide bonds. The highest BCUT2D eigenvalue weighted by molar-refractivity contribution is 7.46. The molecule has 0 spiro atoms. The first-order chi connectivity index (χ1) is 17.7. The predicted molar refractivity (Wildman–Crippen MR) is 140 cm³/mol. The predicted octanol–water partition coefficient (Wildman–Crippen LogP) is 1.46. The minimum absolute atomic E-state index is 0.0194. The fraction of sp³-hybridized carbons (Fsp3) is 0.520. The number of carbonyl (C=O) groups excluding carboxylic acids is 4. The maximum atomic E-state index is 13.4. The molecule has 13 heteroatoms. The Kier molecular flexibility index (Phi) is 11.5. The van der Waals surface area contributed by atoms with Crippen LogP contribution in [0.4, 0.5) is 0 Å². The van der Waals surface area contributed by atoms with Crippen molar-refractivity contribution >= 4 is 37.5 Å². The van der Waals surface area contributed by atoms with Gasteiger partial charge in [-0.3, -0.25) is 29.0 Å². The highest BCUT2D eigenvalue weighted by atomic mass is 31.2. The summed E-state index contributed by atoms with van der Waals surface area (Å²) >= 11 is 0. The summed E-state index contributed by atoms with van der Waals surface area (Å²) in [5.41, 5.74) is 5.75. The van der Waals surface area contributed by atoms with Crippen molar-refractivity contribution in [3.05, 3.63) is 35.9 Å². The standard InChI is InChI=1S/C25H37N4O8P/c1-16(2)15-20(28-23(31)13-9-18-7-10-19(11-8-18)37-38(34,35)36)25(33)29-14-4-5-21(29)24(32)27-17(3)6-12-22(26)30/h7-11,13,16-17,20-21H,4-6,12,14-15H2,1-3H3,(H2,26,30)(H,27,32)(H,28,31)(H2,34,35,36)/b13-9+/t17-,20+,21+/m1/s1. The molecule has 1 heterocycles. The van der Waals surface area contributed by atoms with Crippen LogP contribution < -0.4 is 20.9 Å². The number of nitrogens with one attached hydrogen (secondary N) is 2. The van der Waals surface area contributed by atoms with Crippen LogP contribution in [0.1, 0.15) is 58.4 Å². The van der Waals surface area contributed by atoms with Crippen molar-refractivity contribution < 1.29 is 38.1 Å². The van der Waals surface area contributed by atoms with E-state index in [-0.39, 0.29) is 35.9 Å². The molecule has 1 fully saturated rings. The third-order valence-electron chi connectivity index (χ3n) is 5.90. The number of rotatable bonds is 13. The molecule has 12 nitrogen and oxygen atoms in total. The zero-order valence-corrected chi connectivity index (χ0v) is 22.7. The van der Waals surface area contributed by atoms with Crippen LogP contribution in [0, 0.1) is 5.92 Å². The minimum Gasteiger partial charge on any atom is -0.404 e. The van der Waals surface area contributed by atoms with E-state index in [4.69, 9.17) is 15.5 Å². The van der Waals surface area contributed by atoms with Crippen molar-refractivity contribution in [2.24, 2.45) is 11.7 Å². The van der Waals surface area contributed by atoms with Gasteiger partial charge in [-0.25, -0.2) is 4.57 Å². The van der Waals surface area contributed by atoms with E-state index >= 15 is 0 Å². The molecule has 1 aromatic rings. The lowest BCUT2D eigenvalue weighted by Crippen LogP contribution is -2.54. The van der Waals surface area contributed by atoms with Crippen molar-refractivity contribution in [3.63, 3.8) is 0 Å². The van der Waals surface area contributed by atoms with Crippen molar-refractivity contribution in [1.82, 2.24) is 15.5 Å². The van der Waals surface area contributed by atoms with Crippen LogP contribution in [-0.4, -0.2) is 63.0 Å². The van der Waals surface area contributed by atoms with Crippen molar-refractivity contribution in [3.8, 4) is 5.75 Å². The van der Waals surface area contributed by atoms with Crippen molar-refractivity contribution in [2.75, 3.05) is 6.54 Å². The van der Waals surface area contributed by atoms with Gasteiger partial charge in [-0.05, 0) is 62.3 Å². The molecule has 6 N–H and O–H groups in total. The van der Waals surface area contributed by atoms with E-state index in [0.29, 0.717) is 37.8 Å². The molecule has 210 valence electrons. The smallest absolute Gasteiger partial charge is 0.404 e. The van der Waals surface area contributed by atoms with Crippen molar-refractivity contribution in [1.29, 1.82) is 0 Å². The van der Waals surface area contributed by atoms with Gasteiger partial charge in [0.05, 0.1) is 0 Å².